The standard InChI is InChI=1S/C13H15N3O/c1-8(14)6-12-15-13(17-16-12)11-7-9-4-2-3-5-10(9)11/h2-5,8,11H,6-7,14H2,1H3. The Bertz CT molecular complexity index is 533. The van der Waals surface area contributed by atoms with Crippen molar-refractivity contribution in [2.75, 3.05) is 0 Å². The van der Waals surface area contributed by atoms with Crippen LogP contribution >= 0.6 is 0 Å². The molecule has 0 spiro atoms. The zero-order chi connectivity index (χ0) is 11.8. The Hall–Kier alpha value is -1.68. The van der Waals surface area contributed by atoms with Gasteiger partial charge in [-0.2, -0.15) is 4.98 Å². The Labute approximate surface area is 99.8 Å². The van der Waals surface area contributed by atoms with Gasteiger partial charge in [-0.25, -0.2) is 0 Å². The summed E-state index contributed by atoms with van der Waals surface area (Å²) in [7, 11) is 0. The number of hydrogen-bond acceptors (Lipinski definition) is 4. The molecule has 1 aromatic heterocycles. The van der Waals surface area contributed by atoms with Gasteiger partial charge in [-0.1, -0.05) is 29.4 Å². The van der Waals surface area contributed by atoms with Crippen LogP contribution in [0.15, 0.2) is 28.8 Å². The summed E-state index contributed by atoms with van der Waals surface area (Å²) in [5, 5.41) is 3.97. The van der Waals surface area contributed by atoms with Gasteiger partial charge >= 0.3 is 0 Å². The maximum absolute atomic E-state index is 5.71. The van der Waals surface area contributed by atoms with Gasteiger partial charge in [-0.3, -0.25) is 0 Å². The van der Waals surface area contributed by atoms with Crippen LogP contribution in [0, 0.1) is 0 Å². The Kier molecular flexibility index (Phi) is 2.44. The molecule has 0 saturated carbocycles. The molecular weight excluding hydrogens is 214 g/mol. The second-order valence-electron chi connectivity index (χ2n) is 4.69. The summed E-state index contributed by atoms with van der Waals surface area (Å²) in [6.45, 7) is 1.94. The first-order chi connectivity index (χ1) is 8.24. The van der Waals surface area contributed by atoms with Gasteiger partial charge in [0.15, 0.2) is 5.82 Å². The molecule has 0 amide bonds. The maximum atomic E-state index is 5.71. The lowest BCUT2D eigenvalue weighted by molar-refractivity contribution is 0.351. The molecule has 2 N–H and O–H groups in total. The van der Waals surface area contributed by atoms with Gasteiger partial charge in [0.05, 0.1) is 5.92 Å². The Balaban J connectivity index is 1.81. The summed E-state index contributed by atoms with van der Waals surface area (Å²) < 4.78 is 5.31. The lowest BCUT2D eigenvalue weighted by Gasteiger charge is -2.26. The fourth-order valence-corrected chi connectivity index (χ4v) is 2.26. The fourth-order valence-electron chi connectivity index (χ4n) is 2.26. The maximum Gasteiger partial charge on any atom is 0.234 e. The van der Waals surface area contributed by atoms with Crippen LogP contribution in [-0.2, 0) is 12.8 Å². The van der Waals surface area contributed by atoms with Crippen LogP contribution in [0.4, 0.5) is 0 Å². The lowest BCUT2D eigenvalue weighted by atomic mass is 9.77. The summed E-state index contributed by atoms with van der Waals surface area (Å²) in [4.78, 5) is 4.41. The summed E-state index contributed by atoms with van der Waals surface area (Å²) in [6.07, 6.45) is 1.66. The largest absolute Gasteiger partial charge is 0.339 e. The molecule has 4 heteroatoms. The second kappa shape index (κ2) is 3.96. The van der Waals surface area contributed by atoms with Gasteiger partial charge in [-0.15, -0.1) is 0 Å². The number of nitrogens with two attached hydrogens (primary N) is 1. The van der Waals surface area contributed by atoms with Gasteiger partial charge in [0.25, 0.3) is 0 Å². The van der Waals surface area contributed by atoms with Gasteiger partial charge < -0.3 is 10.3 Å². The molecule has 1 heterocycles. The summed E-state index contributed by atoms with van der Waals surface area (Å²) in [6, 6.07) is 8.44. The monoisotopic (exact) mass is 229 g/mol. The first-order valence-electron chi connectivity index (χ1n) is 5.90. The van der Waals surface area contributed by atoms with E-state index < -0.39 is 0 Å². The van der Waals surface area contributed by atoms with Crippen LogP contribution in [0.3, 0.4) is 0 Å². The minimum absolute atomic E-state index is 0.0640. The highest BCUT2D eigenvalue weighted by Gasteiger charge is 2.31. The minimum Gasteiger partial charge on any atom is -0.339 e. The molecule has 2 unspecified atom stereocenters. The van der Waals surface area contributed by atoms with Crippen LogP contribution in [0.25, 0.3) is 0 Å². The number of rotatable bonds is 3. The molecule has 0 fully saturated rings. The molecule has 88 valence electrons. The van der Waals surface area contributed by atoms with Crippen LogP contribution in [0.5, 0.6) is 0 Å². The lowest BCUT2D eigenvalue weighted by Crippen LogP contribution is -2.20. The Morgan fingerprint density at radius 2 is 2.29 bits per heavy atom. The van der Waals surface area contributed by atoms with Gasteiger partial charge in [0.1, 0.15) is 0 Å². The van der Waals surface area contributed by atoms with Crippen LogP contribution in [0.2, 0.25) is 0 Å². The van der Waals surface area contributed by atoms with E-state index in [9.17, 15) is 0 Å². The molecular formula is C13H15N3O. The summed E-state index contributed by atoms with van der Waals surface area (Å²) >= 11 is 0. The number of aromatic nitrogens is 2. The van der Waals surface area contributed by atoms with Crippen molar-refractivity contribution in [1.82, 2.24) is 10.1 Å². The summed E-state index contributed by atoms with van der Waals surface area (Å²) in [5.41, 5.74) is 8.40. The van der Waals surface area contributed by atoms with Gasteiger partial charge in [-0.05, 0) is 24.5 Å². The van der Waals surface area contributed by atoms with Crippen molar-refractivity contribution < 1.29 is 4.52 Å². The molecule has 3 rings (SSSR count). The van der Waals surface area contributed by atoms with E-state index in [2.05, 4.69) is 28.3 Å². The molecule has 0 aliphatic heterocycles. The van der Waals surface area contributed by atoms with E-state index in [4.69, 9.17) is 10.3 Å². The molecule has 0 saturated heterocycles. The average molecular weight is 229 g/mol. The third-order valence-electron chi connectivity index (χ3n) is 3.14. The van der Waals surface area contributed by atoms with E-state index in [0.717, 1.165) is 12.3 Å². The Morgan fingerprint density at radius 3 is 3.06 bits per heavy atom. The number of hydrogen-bond donors (Lipinski definition) is 1. The van der Waals surface area contributed by atoms with Crippen molar-refractivity contribution in [3.63, 3.8) is 0 Å². The zero-order valence-electron chi connectivity index (χ0n) is 9.76. The van der Waals surface area contributed by atoms with E-state index >= 15 is 0 Å². The second-order valence-corrected chi connectivity index (χ2v) is 4.69. The molecule has 2 atom stereocenters. The first kappa shape index (κ1) is 10.5. The number of fused-ring (bicyclic) bond motifs is 1. The normalized spacial score (nSPS) is 19.5. The molecule has 4 nitrogen and oxygen atoms in total. The highest BCUT2D eigenvalue weighted by Crippen LogP contribution is 2.38. The van der Waals surface area contributed by atoms with Crippen molar-refractivity contribution in [3.05, 3.63) is 47.1 Å². The zero-order valence-corrected chi connectivity index (χ0v) is 9.76. The topological polar surface area (TPSA) is 64.9 Å². The van der Waals surface area contributed by atoms with Crippen molar-refractivity contribution in [3.8, 4) is 0 Å². The van der Waals surface area contributed by atoms with Gasteiger partial charge in [0, 0.05) is 12.5 Å². The Morgan fingerprint density at radius 1 is 1.47 bits per heavy atom. The van der Waals surface area contributed by atoms with E-state index in [1.807, 2.05) is 13.0 Å². The molecule has 1 aliphatic rings. The van der Waals surface area contributed by atoms with Gasteiger partial charge in [0.2, 0.25) is 5.89 Å². The highest BCUT2D eigenvalue weighted by molar-refractivity contribution is 5.43. The average Bonchev–Trinajstić information content (AvgIpc) is 2.67. The van der Waals surface area contributed by atoms with E-state index in [1.54, 1.807) is 0 Å². The molecule has 2 aromatic rings. The van der Waals surface area contributed by atoms with E-state index in [1.165, 1.54) is 11.1 Å². The third kappa shape index (κ3) is 1.85. The van der Waals surface area contributed by atoms with Crippen molar-refractivity contribution >= 4 is 0 Å². The predicted octanol–water partition coefficient (Wildman–Crippen LogP) is 1.65. The summed E-state index contributed by atoms with van der Waals surface area (Å²) in [5.74, 6) is 1.71. The predicted molar refractivity (Wildman–Crippen MR) is 63.6 cm³/mol. The SMILES string of the molecule is CC(N)Cc1noc(C2Cc3ccccc32)n1. The molecule has 1 aliphatic carbocycles. The quantitative estimate of drug-likeness (QED) is 0.869. The highest BCUT2D eigenvalue weighted by atomic mass is 16.5. The molecule has 0 radical (unpaired) electrons. The van der Waals surface area contributed by atoms with Crippen LogP contribution in [0.1, 0.15) is 35.7 Å². The first-order valence-corrected chi connectivity index (χ1v) is 5.90. The van der Waals surface area contributed by atoms with E-state index in [0.29, 0.717) is 12.2 Å². The molecule has 1 aromatic carbocycles. The fraction of sp³-hybridized carbons (Fsp3) is 0.385. The number of benzene rings is 1. The molecule has 17 heavy (non-hydrogen) atoms. The molecule has 0 bridgehead atoms. The number of nitrogens with zero attached hydrogens (tertiary/aromatic N) is 2. The van der Waals surface area contributed by atoms with Crippen molar-refractivity contribution in [2.24, 2.45) is 5.73 Å². The minimum atomic E-state index is 0.0640. The van der Waals surface area contributed by atoms with Crippen molar-refractivity contribution in [2.45, 2.75) is 31.7 Å². The third-order valence-corrected chi connectivity index (χ3v) is 3.14. The van der Waals surface area contributed by atoms with Crippen LogP contribution in [-0.4, -0.2) is 16.2 Å². The van der Waals surface area contributed by atoms with Crippen molar-refractivity contribution in [1.29, 1.82) is 0 Å². The van der Waals surface area contributed by atoms with E-state index in [-0.39, 0.29) is 12.0 Å². The van der Waals surface area contributed by atoms with Crippen LogP contribution < -0.4 is 5.73 Å². The smallest absolute Gasteiger partial charge is 0.234 e.